The van der Waals surface area contributed by atoms with Crippen molar-refractivity contribution in [1.82, 2.24) is 0 Å². The Kier molecular flexibility index (Phi) is 4.78. The third-order valence-electron chi connectivity index (χ3n) is 3.13. The average Bonchev–Trinajstić information content (AvgIpc) is 2.90. The molecule has 2 aromatic rings. The average molecular weight is 286 g/mol. The van der Waals surface area contributed by atoms with Crippen molar-refractivity contribution in [2.75, 3.05) is 0 Å². The monoisotopic (exact) mass is 286 g/mol. The van der Waals surface area contributed by atoms with Crippen LogP contribution < -0.4 is 10.5 Å². The maximum atomic E-state index is 8.94. The van der Waals surface area contributed by atoms with Gasteiger partial charge in [-0.05, 0) is 43.7 Å². The van der Waals surface area contributed by atoms with Gasteiger partial charge in [0.05, 0.1) is 11.6 Å². The van der Waals surface area contributed by atoms with Crippen molar-refractivity contribution in [3.8, 4) is 11.8 Å². The molecule has 4 heteroatoms. The molecule has 0 radical (unpaired) electrons. The molecule has 3 nitrogen and oxygen atoms in total. The van der Waals surface area contributed by atoms with Gasteiger partial charge in [-0.15, -0.1) is 11.3 Å². The Bertz CT molecular complexity index is 615. The third kappa shape index (κ3) is 3.38. The van der Waals surface area contributed by atoms with Crippen molar-refractivity contribution in [1.29, 1.82) is 5.26 Å². The molecule has 104 valence electrons. The van der Waals surface area contributed by atoms with Gasteiger partial charge < -0.3 is 10.5 Å². The first-order valence-corrected chi connectivity index (χ1v) is 7.44. The van der Waals surface area contributed by atoms with Gasteiger partial charge in [-0.25, -0.2) is 0 Å². The van der Waals surface area contributed by atoms with Gasteiger partial charge >= 0.3 is 0 Å². The summed E-state index contributed by atoms with van der Waals surface area (Å²) in [6.45, 7) is 4.12. The molecule has 1 aromatic heterocycles. The first kappa shape index (κ1) is 14.6. The number of thiophene rings is 1. The normalized spacial score (nSPS) is 13.5. The summed E-state index contributed by atoms with van der Waals surface area (Å²) in [5.74, 6) is 0.684. The lowest BCUT2D eigenvalue weighted by molar-refractivity contribution is 0.174. The number of ether oxygens (including phenoxy) is 1. The Labute approximate surface area is 123 Å². The molecule has 20 heavy (non-hydrogen) atoms. The van der Waals surface area contributed by atoms with Crippen molar-refractivity contribution < 1.29 is 4.74 Å². The Hall–Kier alpha value is -1.83. The Morgan fingerprint density at radius 3 is 2.75 bits per heavy atom. The van der Waals surface area contributed by atoms with Crippen LogP contribution in [0.25, 0.3) is 0 Å². The van der Waals surface area contributed by atoms with E-state index in [2.05, 4.69) is 25.1 Å². The van der Waals surface area contributed by atoms with Crippen LogP contribution in [0.2, 0.25) is 0 Å². The molecule has 2 unspecified atom stereocenters. The van der Waals surface area contributed by atoms with Gasteiger partial charge in [0.2, 0.25) is 0 Å². The molecule has 0 saturated heterocycles. The topological polar surface area (TPSA) is 59.0 Å². The summed E-state index contributed by atoms with van der Waals surface area (Å²) in [4.78, 5) is 2.36. The zero-order chi connectivity index (χ0) is 14.5. The summed E-state index contributed by atoms with van der Waals surface area (Å²) >= 11 is 1.70. The van der Waals surface area contributed by atoms with Crippen molar-refractivity contribution in [3.05, 3.63) is 51.7 Å². The van der Waals surface area contributed by atoms with E-state index in [1.807, 2.05) is 19.1 Å². The smallest absolute Gasteiger partial charge is 0.148 e. The molecule has 1 heterocycles. The first-order valence-electron chi connectivity index (χ1n) is 6.62. The summed E-state index contributed by atoms with van der Waals surface area (Å²) in [5, 5.41) is 8.94. The second-order valence-electron chi connectivity index (χ2n) is 4.70. The number of nitrogens with zero attached hydrogens (tertiary/aromatic N) is 1. The van der Waals surface area contributed by atoms with Gasteiger partial charge in [0.25, 0.3) is 0 Å². The van der Waals surface area contributed by atoms with Crippen LogP contribution in [0, 0.1) is 18.3 Å². The molecule has 0 saturated carbocycles. The molecule has 2 rings (SSSR count). The molecule has 0 spiro atoms. The van der Waals surface area contributed by atoms with Gasteiger partial charge in [-0.1, -0.05) is 13.0 Å². The Morgan fingerprint density at radius 2 is 2.15 bits per heavy atom. The van der Waals surface area contributed by atoms with Crippen molar-refractivity contribution in [2.24, 2.45) is 5.73 Å². The Morgan fingerprint density at radius 1 is 1.35 bits per heavy atom. The zero-order valence-corrected chi connectivity index (χ0v) is 12.5. The van der Waals surface area contributed by atoms with Crippen LogP contribution in [0.3, 0.4) is 0 Å². The van der Waals surface area contributed by atoms with E-state index in [9.17, 15) is 0 Å². The molecule has 0 aliphatic carbocycles. The van der Waals surface area contributed by atoms with E-state index < -0.39 is 0 Å². The van der Waals surface area contributed by atoms with Crippen molar-refractivity contribution >= 4 is 11.3 Å². The number of nitrogens with two attached hydrogens (primary N) is 1. The highest BCUT2D eigenvalue weighted by Crippen LogP contribution is 2.30. The molecule has 0 bridgehead atoms. The van der Waals surface area contributed by atoms with Crippen molar-refractivity contribution in [3.63, 3.8) is 0 Å². The number of hydrogen-bond acceptors (Lipinski definition) is 4. The van der Waals surface area contributed by atoms with Crippen LogP contribution in [-0.2, 0) is 0 Å². The predicted octanol–water partition coefficient (Wildman–Crippen LogP) is 3.79. The summed E-state index contributed by atoms with van der Waals surface area (Å²) in [7, 11) is 0. The predicted molar refractivity (Wildman–Crippen MR) is 81.8 cm³/mol. The standard InChI is InChI=1S/C16H18N2OS/c1-3-14(18)16(15-8-7-11(2)20-15)19-13-6-4-5-12(9-13)10-17/h4-9,14,16H,3,18H2,1-2H3. The third-order valence-corrected chi connectivity index (χ3v) is 4.19. The van der Waals surface area contributed by atoms with Crippen LogP contribution in [0.5, 0.6) is 5.75 Å². The quantitative estimate of drug-likeness (QED) is 0.909. The fourth-order valence-corrected chi connectivity index (χ4v) is 2.95. The van der Waals surface area contributed by atoms with E-state index in [1.165, 1.54) is 4.88 Å². The minimum Gasteiger partial charge on any atom is -0.483 e. The van der Waals surface area contributed by atoms with Crippen LogP contribution >= 0.6 is 11.3 Å². The number of rotatable bonds is 5. The summed E-state index contributed by atoms with van der Waals surface area (Å²) in [6.07, 6.45) is 0.659. The largest absolute Gasteiger partial charge is 0.483 e. The fourth-order valence-electron chi connectivity index (χ4n) is 1.96. The van der Waals surface area contributed by atoms with E-state index in [0.717, 1.165) is 11.3 Å². The van der Waals surface area contributed by atoms with Gasteiger partial charge in [-0.2, -0.15) is 5.26 Å². The van der Waals surface area contributed by atoms with Crippen molar-refractivity contribution in [2.45, 2.75) is 32.4 Å². The summed E-state index contributed by atoms with van der Waals surface area (Å²) < 4.78 is 6.04. The second kappa shape index (κ2) is 6.56. The summed E-state index contributed by atoms with van der Waals surface area (Å²) in [6, 6.07) is 13.4. The zero-order valence-electron chi connectivity index (χ0n) is 11.7. The van der Waals surface area contributed by atoms with Crippen LogP contribution in [0.15, 0.2) is 36.4 Å². The number of benzene rings is 1. The SMILES string of the molecule is CCC(N)C(Oc1cccc(C#N)c1)c1ccc(C)s1. The van der Waals surface area contributed by atoms with Gasteiger partial charge in [0.15, 0.2) is 0 Å². The molecule has 0 fully saturated rings. The van der Waals surface area contributed by atoms with Gasteiger partial charge in [0.1, 0.15) is 11.9 Å². The molecular weight excluding hydrogens is 268 g/mol. The van der Waals surface area contributed by atoms with E-state index in [4.69, 9.17) is 15.7 Å². The highest BCUT2D eigenvalue weighted by molar-refractivity contribution is 7.12. The molecule has 2 N–H and O–H groups in total. The summed E-state index contributed by atoms with van der Waals surface area (Å²) in [5.41, 5.74) is 6.78. The lowest BCUT2D eigenvalue weighted by Gasteiger charge is -2.23. The minimum absolute atomic E-state index is 0.0706. The fraction of sp³-hybridized carbons (Fsp3) is 0.312. The van der Waals surface area contributed by atoms with E-state index in [-0.39, 0.29) is 12.1 Å². The minimum atomic E-state index is -0.173. The number of nitriles is 1. The molecule has 1 aromatic carbocycles. The highest BCUT2D eigenvalue weighted by Gasteiger charge is 2.22. The van der Waals surface area contributed by atoms with Gasteiger partial charge in [-0.3, -0.25) is 0 Å². The van der Waals surface area contributed by atoms with E-state index in [0.29, 0.717) is 11.3 Å². The van der Waals surface area contributed by atoms with Crippen LogP contribution in [0.1, 0.15) is 34.8 Å². The number of hydrogen-bond donors (Lipinski definition) is 1. The molecule has 0 aliphatic heterocycles. The highest BCUT2D eigenvalue weighted by atomic mass is 32.1. The van der Waals surface area contributed by atoms with Crippen LogP contribution in [0.4, 0.5) is 0 Å². The molecular formula is C16H18N2OS. The Balaban J connectivity index is 2.26. The van der Waals surface area contributed by atoms with Gasteiger partial charge in [0, 0.05) is 15.8 Å². The second-order valence-corrected chi connectivity index (χ2v) is 6.02. The molecule has 0 aliphatic rings. The maximum Gasteiger partial charge on any atom is 0.148 e. The van der Waals surface area contributed by atoms with E-state index in [1.54, 1.807) is 23.5 Å². The molecule has 2 atom stereocenters. The molecule has 0 amide bonds. The lowest BCUT2D eigenvalue weighted by atomic mass is 10.1. The first-order chi connectivity index (χ1) is 9.63. The van der Waals surface area contributed by atoms with E-state index >= 15 is 0 Å². The van der Waals surface area contributed by atoms with Crippen LogP contribution in [-0.4, -0.2) is 6.04 Å². The lowest BCUT2D eigenvalue weighted by Crippen LogP contribution is -2.30. The maximum absolute atomic E-state index is 8.94. The number of aryl methyl sites for hydroxylation is 1.